The first kappa shape index (κ1) is 19.5. The van der Waals surface area contributed by atoms with Crippen molar-refractivity contribution in [3.8, 4) is 6.01 Å². The molecule has 0 amide bonds. The second-order valence-corrected chi connectivity index (χ2v) is 8.67. The van der Waals surface area contributed by atoms with Crippen LogP contribution in [0.1, 0.15) is 0 Å². The van der Waals surface area contributed by atoms with Crippen molar-refractivity contribution in [3.63, 3.8) is 0 Å². The van der Waals surface area contributed by atoms with Gasteiger partial charge in [0, 0.05) is 0 Å². The molecular formula is C16H15N5O5S2. The van der Waals surface area contributed by atoms with E-state index < -0.39 is 31.9 Å². The predicted molar refractivity (Wildman–Crippen MR) is 101 cm³/mol. The number of anilines is 2. The molecule has 12 heteroatoms. The zero-order chi connectivity index (χ0) is 20.2. The number of rotatable bonds is 7. The van der Waals surface area contributed by atoms with E-state index in [0.717, 1.165) is 0 Å². The number of hydrogen-bond acceptors (Lipinski definition) is 8. The monoisotopic (exact) mass is 421 g/mol. The second-order valence-electron chi connectivity index (χ2n) is 5.31. The molecule has 2 N–H and O–H groups in total. The van der Waals surface area contributed by atoms with Gasteiger partial charge in [-0.15, -0.1) is 0 Å². The van der Waals surface area contributed by atoms with Crippen molar-refractivity contribution in [2.24, 2.45) is 0 Å². The lowest BCUT2D eigenvalue weighted by molar-refractivity contribution is 0.380. The van der Waals surface area contributed by atoms with E-state index in [4.69, 9.17) is 4.74 Å². The average molecular weight is 421 g/mol. The number of nitrogens with one attached hydrogen (secondary N) is 2. The molecule has 0 atom stereocenters. The second kappa shape index (κ2) is 7.78. The van der Waals surface area contributed by atoms with Crippen molar-refractivity contribution >= 4 is 31.9 Å². The summed E-state index contributed by atoms with van der Waals surface area (Å²) in [6.45, 7) is 0. The lowest BCUT2D eigenvalue weighted by Gasteiger charge is -2.10. The van der Waals surface area contributed by atoms with Gasteiger partial charge in [-0.05, 0) is 24.3 Å². The molecule has 0 unspecified atom stereocenters. The number of ether oxygens (including phenoxy) is 1. The molecular weight excluding hydrogens is 406 g/mol. The van der Waals surface area contributed by atoms with Gasteiger partial charge in [0.15, 0.2) is 0 Å². The highest BCUT2D eigenvalue weighted by Gasteiger charge is 2.20. The maximum Gasteiger partial charge on any atom is 0.322 e. The standard InChI is InChI=1S/C16H15N5O5S2/c1-26-16-18-14(20-27(22,23)12-8-4-2-5-9-12)17-15(19-16)21-28(24,25)13-10-6-3-7-11-13/h2-11H,1H3,(H2,17,18,19,20,21). The molecule has 1 heterocycles. The zero-order valence-corrected chi connectivity index (χ0v) is 16.1. The Labute approximate surface area is 161 Å². The molecule has 3 rings (SSSR count). The van der Waals surface area contributed by atoms with Crippen LogP contribution in [0.25, 0.3) is 0 Å². The maximum atomic E-state index is 12.4. The van der Waals surface area contributed by atoms with Crippen LogP contribution in [0, 0.1) is 0 Å². The number of benzene rings is 2. The van der Waals surface area contributed by atoms with Gasteiger partial charge in [0.2, 0.25) is 11.9 Å². The zero-order valence-electron chi connectivity index (χ0n) is 14.5. The summed E-state index contributed by atoms with van der Waals surface area (Å²) in [5.41, 5.74) is 0. The highest BCUT2D eigenvalue weighted by atomic mass is 32.2. The van der Waals surface area contributed by atoms with E-state index in [2.05, 4.69) is 24.4 Å². The van der Waals surface area contributed by atoms with Crippen LogP contribution < -0.4 is 14.2 Å². The summed E-state index contributed by atoms with van der Waals surface area (Å²) in [6.07, 6.45) is 0. The summed E-state index contributed by atoms with van der Waals surface area (Å²) in [5, 5.41) is 0. The lowest BCUT2D eigenvalue weighted by Crippen LogP contribution is -2.19. The Balaban J connectivity index is 1.93. The van der Waals surface area contributed by atoms with E-state index in [0.29, 0.717) is 0 Å². The summed E-state index contributed by atoms with van der Waals surface area (Å²) < 4.78 is 59.0. The van der Waals surface area contributed by atoms with Crippen molar-refractivity contribution in [1.29, 1.82) is 0 Å². The van der Waals surface area contributed by atoms with E-state index in [1.807, 2.05) is 0 Å². The number of aromatic nitrogens is 3. The van der Waals surface area contributed by atoms with Gasteiger partial charge in [-0.25, -0.2) is 26.3 Å². The maximum absolute atomic E-state index is 12.4. The molecule has 10 nitrogen and oxygen atoms in total. The molecule has 0 saturated carbocycles. The molecule has 0 radical (unpaired) electrons. The van der Waals surface area contributed by atoms with E-state index >= 15 is 0 Å². The molecule has 0 bridgehead atoms. The Kier molecular flexibility index (Phi) is 5.42. The van der Waals surface area contributed by atoms with Crippen molar-refractivity contribution < 1.29 is 21.6 Å². The molecule has 0 spiro atoms. The molecule has 146 valence electrons. The minimum absolute atomic E-state index is 0.0132. The van der Waals surface area contributed by atoms with Gasteiger partial charge in [0.05, 0.1) is 16.9 Å². The fourth-order valence-electron chi connectivity index (χ4n) is 2.10. The Bertz CT molecular complexity index is 1080. The smallest absolute Gasteiger partial charge is 0.322 e. The number of hydrogen-bond donors (Lipinski definition) is 2. The molecule has 0 fully saturated rings. The van der Waals surface area contributed by atoms with Crippen molar-refractivity contribution in [3.05, 3.63) is 60.7 Å². The molecule has 3 aromatic rings. The highest BCUT2D eigenvalue weighted by molar-refractivity contribution is 7.93. The van der Waals surface area contributed by atoms with Gasteiger partial charge < -0.3 is 4.74 Å². The molecule has 0 aliphatic carbocycles. The van der Waals surface area contributed by atoms with Gasteiger partial charge in [-0.1, -0.05) is 36.4 Å². The number of nitrogens with zero attached hydrogens (tertiary/aromatic N) is 3. The number of sulfonamides is 2. The first-order chi connectivity index (χ1) is 13.3. The minimum Gasteiger partial charge on any atom is -0.467 e. The Hall–Kier alpha value is -3.25. The molecule has 0 aliphatic heterocycles. The van der Waals surface area contributed by atoms with E-state index in [9.17, 15) is 16.8 Å². The van der Waals surface area contributed by atoms with Crippen LogP contribution in [-0.4, -0.2) is 38.9 Å². The first-order valence-electron chi connectivity index (χ1n) is 7.76. The van der Waals surface area contributed by atoms with Crippen LogP contribution in [0.4, 0.5) is 11.9 Å². The predicted octanol–water partition coefficient (Wildman–Crippen LogP) is 1.48. The number of methoxy groups -OCH3 is 1. The fourth-order valence-corrected chi connectivity index (χ4v) is 4.03. The van der Waals surface area contributed by atoms with Crippen LogP contribution in [0.2, 0.25) is 0 Å². The van der Waals surface area contributed by atoms with E-state index in [1.54, 1.807) is 36.4 Å². The average Bonchev–Trinajstić information content (AvgIpc) is 2.68. The molecule has 28 heavy (non-hydrogen) atoms. The van der Waals surface area contributed by atoms with Crippen LogP contribution in [0.15, 0.2) is 70.5 Å². The topological polar surface area (TPSA) is 140 Å². The van der Waals surface area contributed by atoms with Gasteiger partial charge in [-0.2, -0.15) is 15.0 Å². The third-order valence-electron chi connectivity index (χ3n) is 3.36. The molecule has 2 aromatic carbocycles. The van der Waals surface area contributed by atoms with Gasteiger partial charge in [0.1, 0.15) is 0 Å². The van der Waals surface area contributed by atoms with Crippen molar-refractivity contribution in [2.45, 2.75) is 9.79 Å². The van der Waals surface area contributed by atoms with E-state index in [-0.39, 0.29) is 15.8 Å². The summed E-state index contributed by atoms with van der Waals surface area (Å²) in [4.78, 5) is 11.4. The SMILES string of the molecule is COc1nc(NS(=O)(=O)c2ccccc2)nc(NS(=O)(=O)c2ccccc2)n1. The minimum atomic E-state index is -3.99. The summed E-state index contributed by atoms with van der Waals surface area (Å²) in [6, 6.07) is 14.8. The third-order valence-corrected chi connectivity index (χ3v) is 6.04. The normalized spacial score (nSPS) is 11.6. The van der Waals surface area contributed by atoms with Crippen LogP contribution in [0.3, 0.4) is 0 Å². The molecule has 0 saturated heterocycles. The van der Waals surface area contributed by atoms with Gasteiger partial charge in [-0.3, -0.25) is 0 Å². The quantitative estimate of drug-likeness (QED) is 0.584. The highest BCUT2D eigenvalue weighted by Crippen LogP contribution is 2.18. The van der Waals surface area contributed by atoms with Gasteiger partial charge >= 0.3 is 6.01 Å². The fraction of sp³-hybridized carbons (Fsp3) is 0.0625. The Morgan fingerprint density at radius 3 is 1.43 bits per heavy atom. The van der Waals surface area contributed by atoms with Crippen LogP contribution in [-0.2, 0) is 20.0 Å². The van der Waals surface area contributed by atoms with Crippen LogP contribution >= 0.6 is 0 Å². The first-order valence-corrected chi connectivity index (χ1v) is 10.7. The van der Waals surface area contributed by atoms with Gasteiger partial charge in [0.25, 0.3) is 20.0 Å². The van der Waals surface area contributed by atoms with Crippen molar-refractivity contribution in [1.82, 2.24) is 15.0 Å². The summed E-state index contributed by atoms with van der Waals surface area (Å²) in [7, 11) is -6.72. The van der Waals surface area contributed by atoms with Crippen molar-refractivity contribution in [2.75, 3.05) is 16.6 Å². The summed E-state index contributed by atoms with van der Waals surface area (Å²) >= 11 is 0. The summed E-state index contributed by atoms with van der Waals surface area (Å²) in [5.74, 6) is -0.803. The largest absolute Gasteiger partial charge is 0.467 e. The Morgan fingerprint density at radius 1 is 0.679 bits per heavy atom. The third kappa shape index (κ3) is 4.53. The molecule has 1 aromatic heterocycles. The molecule has 0 aliphatic rings. The lowest BCUT2D eigenvalue weighted by atomic mass is 10.4. The van der Waals surface area contributed by atoms with Crippen LogP contribution in [0.5, 0.6) is 6.01 Å². The van der Waals surface area contributed by atoms with E-state index in [1.165, 1.54) is 31.4 Å². The Morgan fingerprint density at radius 2 is 1.07 bits per heavy atom.